The van der Waals surface area contributed by atoms with Crippen molar-refractivity contribution in [2.75, 3.05) is 11.4 Å². The first-order valence-electron chi connectivity index (χ1n) is 7.41. The minimum Gasteiger partial charge on any atom is -0.361 e. The van der Waals surface area contributed by atoms with Crippen molar-refractivity contribution in [2.24, 2.45) is 0 Å². The molecule has 7 nitrogen and oxygen atoms in total. The summed E-state index contributed by atoms with van der Waals surface area (Å²) < 4.78 is 45.9. The molecule has 0 radical (unpaired) electrons. The van der Waals surface area contributed by atoms with E-state index in [9.17, 15) is 13.2 Å². The third-order valence-corrected chi connectivity index (χ3v) is 4.06. The van der Waals surface area contributed by atoms with Crippen LogP contribution >= 0.6 is 0 Å². The molecule has 0 amide bonds. The predicted octanol–water partition coefficient (Wildman–Crippen LogP) is 2.78. The van der Waals surface area contributed by atoms with E-state index < -0.39 is 11.9 Å². The third-order valence-electron chi connectivity index (χ3n) is 4.06. The molecule has 1 atom stereocenters. The molecule has 24 heavy (non-hydrogen) atoms. The van der Waals surface area contributed by atoms with Crippen LogP contribution in [0.15, 0.2) is 23.0 Å². The highest BCUT2D eigenvalue weighted by Gasteiger charge is 2.37. The van der Waals surface area contributed by atoms with Crippen LogP contribution in [0, 0.1) is 6.92 Å². The van der Waals surface area contributed by atoms with Crippen molar-refractivity contribution >= 4 is 11.6 Å². The van der Waals surface area contributed by atoms with Crippen molar-refractivity contribution in [2.45, 2.75) is 32.0 Å². The van der Waals surface area contributed by atoms with Crippen molar-refractivity contribution in [3.05, 3.63) is 35.6 Å². The summed E-state index contributed by atoms with van der Waals surface area (Å²) in [5.41, 5.74) is -0.288. The molecule has 3 aromatic rings. The zero-order valence-electron chi connectivity index (χ0n) is 12.7. The van der Waals surface area contributed by atoms with Crippen LogP contribution in [0.4, 0.5) is 19.0 Å². The first-order chi connectivity index (χ1) is 11.4. The van der Waals surface area contributed by atoms with Crippen LogP contribution in [-0.4, -0.2) is 31.3 Å². The number of rotatable bonds is 2. The molecule has 1 aliphatic rings. The predicted molar refractivity (Wildman–Crippen MR) is 76.3 cm³/mol. The quantitative estimate of drug-likeness (QED) is 0.715. The molecule has 0 aromatic carbocycles. The molecule has 1 fully saturated rings. The highest BCUT2D eigenvalue weighted by atomic mass is 19.4. The number of alkyl halides is 3. The van der Waals surface area contributed by atoms with Gasteiger partial charge in [-0.15, -0.1) is 0 Å². The number of aromatic nitrogens is 5. The van der Waals surface area contributed by atoms with Gasteiger partial charge in [-0.05, 0) is 19.8 Å². The fraction of sp³-hybridized carbons (Fsp3) is 0.429. The molecule has 4 rings (SSSR count). The van der Waals surface area contributed by atoms with Crippen molar-refractivity contribution < 1.29 is 17.7 Å². The van der Waals surface area contributed by atoms with E-state index in [1.165, 1.54) is 10.8 Å². The lowest BCUT2D eigenvalue weighted by molar-refractivity contribution is -0.141. The van der Waals surface area contributed by atoms with E-state index >= 15 is 0 Å². The molecule has 4 heterocycles. The standard InChI is InChI=1S/C14H13F3N6O/c1-8-5-9(21-24-8)10-3-2-4-22(10)12-6-11(14(15,16)17)20-13-18-7-19-23(12)13/h5-7,10H,2-4H2,1H3/t10-/m0/s1. The van der Waals surface area contributed by atoms with Crippen LogP contribution in [-0.2, 0) is 6.18 Å². The van der Waals surface area contributed by atoms with Crippen molar-refractivity contribution in [1.82, 2.24) is 24.7 Å². The summed E-state index contributed by atoms with van der Waals surface area (Å²) in [4.78, 5) is 9.19. The van der Waals surface area contributed by atoms with Gasteiger partial charge in [-0.3, -0.25) is 0 Å². The average molecular weight is 338 g/mol. The second-order valence-corrected chi connectivity index (χ2v) is 5.68. The van der Waals surface area contributed by atoms with Gasteiger partial charge in [0.15, 0.2) is 5.69 Å². The molecule has 1 aliphatic heterocycles. The van der Waals surface area contributed by atoms with E-state index in [0.29, 0.717) is 23.8 Å². The van der Waals surface area contributed by atoms with Gasteiger partial charge in [0.1, 0.15) is 23.6 Å². The number of fused-ring (bicyclic) bond motifs is 1. The Balaban J connectivity index is 1.84. The maximum absolute atomic E-state index is 13.1. The van der Waals surface area contributed by atoms with E-state index in [2.05, 4.69) is 20.2 Å². The topological polar surface area (TPSA) is 72.4 Å². The summed E-state index contributed by atoms with van der Waals surface area (Å²) in [6, 6.07) is 2.64. The molecular weight excluding hydrogens is 325 g/mol. The molecule has 0 saturated carbocycles. The second kappa shape index (κ2) is 5.18. The van der Waals surface area contributed by atoms with Gasteiger partial charge in [-0.25, -0.2) is 4.98 Å². The number of hydrogen-bond donors (Lipinski definition) is 0. The first-order valence-corrected chi connectivity index (χ1v) is 7.41. The number of aryl methyl sites for hydroxylation is 1. The Kier molecular flexibility index (Phi) is 3.22. The van der Waals surface area contributed by atoms with Gasteiger partial charge in [0.05, 0.1) is 6.04 Å². The van der Waals surface area contributed by atoms with Crippen LogP contribution in [0.1, 0.15) is 36.0 Å². The molecule has 0 aliphatic carbocycles. The Bertz CT molecular complexity index is 886. The smallest absolute Gasteiger partial charge is 0.361 e. The summed E-state index contributed by atoms with van der Waals surface area (Å²) >= 11 is 0. The summed E-state index contributed by atoms with van der Waals surface area (Å²) in [5, 5.41) is 8.02. The van der Waals surface area contributed by atoms with Crippen molar-refractivity contribution in [1.29, 1.82) is 0 Å². The molecular formula is C14H13F3N6O. The zero-order valence-corrected chi connectivity index (χ0v) is 12.7. The van der Waals surface area contributed by atoms with Crippen LogP contribution < -0.4 is 4.90 Å². The van der Waals surface area contributed by atoms with E-state index in [1.54, 1.807) is 13.0 Å². The average Bonchev–Trinajstić information content (AvgIpc) is 3.24. The molecule has 10 heteroatoms. The van der Waals surface area contributed by atoms with Crippen LogP contribution in [0.5, 0.6) is 0 Å². The van der Waals surface area contributed by atoms with Crippen molar-refractivity contribution in [3.8, 4) is 0 Å². The van der Waals surface area contributed by atoms with Gasteiger partial charge in [-0.2, -0.15) is 27.8 Å². The second-order valence-electron chi connectivity index (χ2n) is 5.68. The van der Waals surface area contributed by atoms with E-state index in [1.807, 2.05) is 4.90 Å². The maximum Gasteiger partial charge on any atom is 0.433 e. The molecule has 1 saturated heterocycles. The summed E-state index contributed by atoms with van der Waals surface area (Å²) in [6.07, 6.45) is -1.76. The molecule has 0 N–H and O–H groups in total. The highest BCUT2D eigenvalue weighted by molar-refractivity contribution is 5.50. The Morgan fingerprint density at radius 2 is 2.12 bits per heavy atom. The maximum atomic E-state index is 13.1. The molecule has 126 valence electrons. The van der Waals surface area contributed by atoms with Crippen LogP contribution in [0.25, 0.3) is 5.78 Å². The van der Waals surface area contributed by atoms with Crippen LogP contribution in [0.3, 0.4) is 0 Å². The molecule has 0 unspecified atom stereocenters. The lowest BCUT2D eigenvalue weighted by atomic mass is 10.1. The molecule has 0 bridgehead atoms. The van der Waals surface area contributed by atoms with Gasteiger partial charge < -0.3 is 9.42 Å². The zero-order chi connectivity index (χ0) is 16.9. The number of nitrogens with zero attached hydrogens (tertiary/aromatic N) is 6. The van der Waals surface area contributed by atoms with Gasteiger partial charge in [0, 0.05) is 18.7 Å². The third kappa shape index (κ3) is 2.38. The van der Waals surface area contributed by atoms with Gasteiger partial charge >= 0.3 is 6.18 Å². The first kappa shape index (κ1) is 14.9. The normalized spacial score (nSPS) is 18.7. The minimum absolute atomic E-state index is 0.0817. The minimum atomic E-state index is -4.55. The lowest BCUT2D eigenvalue weighted by Gasteiger charge is -2.25. The van der Waals surface area contributed by atoms with Gasteiger partial charge in [0.2, 0.25) is 0 Å². The largest absolute Gasteiger partial charge is 0.433 e. The van der Waals surface area contributed by atoms with E-state index in [0.717, 1.165) is 18.9 Å². The van der Waals surface area contributed by atoms with E-state index in [4.69, 9.17) is 4.52 Å². The Morgan fingerprint density at radius 1 is 1.29 bits per heavy atom. The Labute approximate surface area is 134 Å². The van der Waals surface area contributed by atoms with Gasteiger partial charge in [-0.1, -0.05) is 5.16 Å². The SMILES string of the molecule is Cc1cc([C@@H]2CCCN2c2cc(C(F)(F)F)nc3ncnn23)no1. The fourth-order valence-electron chi connectivity index (χ4n) is 3.04. The van der Waals surface area contributed by atoms with Gasteiger partial charge in [0.25, 0.3) is 5.78 Å². The molecule has 3 aromatic heterocycles. The Hall–Kier alpha value is -2.65. The Morgan fingerprint density at radius 3 is 2.83 bits per heavy atom. The highest BCUT2D eigenvalue weighted by Crippen LogP contribution is 2.38. The monoisotopic (exact) mass is 338 g/mol. The fourth-order valence-corrected chi connectivity index (χ4v) is 3.04. The number of anilines is 1. The molecule has 0 spiro atoms. The van der Waals surface area contributed by atoms with Crippen molar-refractivity contribution in [3.63, 3.8) is 0 Å². The summed E-state index contributed by atoms with van der Waals surface area (Å²) in [7, 11) is 0. The summed E-state index contributed by atoms with van der Waals surface area (Å²) in [5.74, 6) is 0.878. The number of halogens is 3. The van der Waals surface area contributed by atoms with E-state index in [-0.39, 0.29) is 11.8 Å². The lowest BCUT2D eigenvalue weighted by Crippen LogP contribution is -2.26. The summed E-state index contributed by atoms with van der Waals surface area (Å²) in [6.45, 7) is 2.37. The number of hydrogen-bond acceptors (Lipinski definition) is 6. The van der Waals surface area contributed by atoms with Crippen LogP contribution in [0.2, 0.25) is 0 Å².